The summed E-state index contributed by atoms with van der Waals surface area (Å²) in [6, 6.07) is 6.28. The van der Waals surface area contributed by atoms with Crippen LogP contribution in [0.5, 0.6) is 0 Å². The van der Waals surface area contributed by atoms with E-state index in [9.17, 15) is 0 Å². The van der Waals surface area contributed by atoms with Crippen molar-refractivity contribution < 1.29 is 0 Å². The predicted octanol–water partition coefficient (Wildman–Crippen LogP) is 2.89. The van der Waals surface area contributed by atoms with Gasteiger partial charge in [-0.2, -0.15) is 5.10 Å². The maximum Gasteiger partial charge on any atom is 0.124 e. The molecule has 0 radical (unpaired) electrons. The van der Waals surface area contributed by atoms with Gasteiger partial charge < -0.3 is 5.73 Å². The number of nitrogen functional groups attached to an aromatic ring is 1. The Labute approximate surface area is 103 Å². The Bertz CT molecular complexity index is 517. The van der Waals surface area contributed by atoms with Crippen molar-refractivity contribution in [2.24, 2.45) is 0 Å². The molecule has 0 saturated heterocycles. The monoisotopic (exact) mass is 279 g/mol. The third-order valence-corrected chi connectivity index (χ3v) is 3.34. The number of nitrogens with zero attached hydrogens (tertiary/aromatic N) is 2. The number of nitrogens with two attached hydrogens (primary N) is 1. The molecule has 0 unspecified atom stereocenters. The van der Waals surface area contributed by atoms with Crippen LogP contribution in [0.25, 0.3) is 0 Å². The third kappa shape index (κ3) is 2.11. The highest BCUT2D eigenvalue weighted by atomic mass is 79.9. The molecule has 16 heavy (non-hydrogen) atoms. The quantitative estimate of drug-likeness (QED) is 0.919. The summed E-state index contributed by atoms with van der Waals surface area (Å²) in [5.74, 6) is 0.729. The molecule has 0 spiro atoms. The summed E-state index contributed by atoms with van der Waals surface area (Å²) in [7, 11) is 0. The van der Waals surface area contributed by atoms with Crippen LogP contribution in [0.1, 0.15) is 16.7 Å². The smallest absolute Gasteiger partial charge is 0.124 e. The van der Waals surface area contributed by atoms with Crippen molar-refractivity contribution in [1.82, 2.24) is 9.78 Å². The zero-order chi connectivity index (χ0) is 11.7. The molecule has 1 aromatic carbocycles. The number of benzene rings is 1. The van der Waals surface area contributed by atoms with Crippen molar-refractivity contribution in [3.63, 3.8) is 0 Å². The Balaban J connectivity index is 2.30. The number of hydrogen-bond donors (Lipinski definition) is 1. The summed E-state index contributed by atoms with van der Waals surface area (Å²) in [5, 5.41) is 4.24. The number of hydrogen-bond acceptors (Lipinski definition) is 2. The molecule has 2 aromatic rings. The molecule has 2 N–H and O–H groups in total. The second-order valence-corrected chi connectivity index (χ2v) is 4.82. The van der Waals surface area contributed by atoms with E-state index in [-0.39, 0.29) is 0 Å². The van der Waals surface area contributed by atoms with Gasteiger partial charge in [0.1, 0.15) is 5.82 Å². The number of aryl methyl sites for hydroxylation is 2. The lowest BCUT2D eigenvalue weighted by Gasteiger charge is -2.07. The van der Waals surface area contributed by atoms with E-state index >= 15 is 0 Å². The highest BCUT2D eigenvalue weighted by molar-refractivity contribution is 9.10. The van der Waals surface area contributed by atoms with Gasteiger partial charge in [-0.05, 0) is 31.0 Å². The predicted molar refractivity (Wildman–Crippen MR) is 69.4 cm³/mol. The van der Waals surface area contributed by atoms with Crippen molar-refractivity contribution in [2.75, 3.05) is 5.73 Å². The molecule has 0 aliphatic heterocycles. The zero-order valence-corrected chi connectivity index (χ0v) is 11.0. The van der Waals surface area contributed by atoms with Gasteiger partial charge in [0.25, 0.3) is 0 Å². The van der Waals surface area contributed by atoms with Crippen LogP contribution >= 0.6 is 15.9 Å². The minimum Gasteiger partial charge on any atom is -0.384 e. The van der Waals surface area contributed by atoms with Gasteiger partial charge in [0, 0.05) is 10.0 Å². The van der Waals surface area contributed by atoms with Crippen LogP contribution in [-0.2, 0) is 6.54 Å². The van der Waals surface area contributed by atoms with E-state index in [1.807, 2.05) is 11.6 Å². The Kier molecular flexibility index (Phi) is 3.01. The molecule has 0 atom stereocenters. The van der Waals surface area contributed by atoms with Gasteiger partial charge in [0.15, 0.2) is 0 Å². The Morgan fingerprint density at radius 3 is 2.69 bits per heavy atom. The summed E-state index contributed by atoms with van der Waals surface area (Å²) < 4.78 is 2.91. The van der Waals surface area contributed by atoms with Crippen LogP contribution in [0.4, 0.5) is 5.82 Å². The molecule has 84 valence electrons. The maximum absolute atomic E-state index is 5.92. The molecule has 0 fully saturated rings. The molecule has 3 nitrogen and oxygen atoms in total. The molecule has 0 amide bonds. The fraction of sp³-hybridized carbons (Fsp3) is 0.250. The van der Waals surface area contributed by atoms with Crippen molar-refractivity contribution in [2.45, 2.75) is 20.4 Å². The van der Waals surface area contributed by atoms with E-state index in [4.69, 9.17) is 5.73 Å². The summed E-state index contributed by atoms with van der Waals surface area (Å²) in [4.78, 5) is 0. The first-order chi connectivity index (χ1) is 7.58. The van der Waals surface area contributed by atoms with Gasteiger partial charge in [0.05, 0.1) is 12.7 Å². The molecule has 1 aromatic heterocycles. The minimum absolute atomic E-state index is 0.695. The van der Waals surface area contributed by atoms with Crippen molar-refractivity contribution in [3.8, 4) is 0 Å². The lowest BCUT2D eigenvalue weighted by molar-refractivity contribution is 0.695. The topological polar surface area (TPSA) is 43.8 Å². The van der Waals surface area contributed by atoms with Gasteiger partial charge in [-0.25, -0.2) is 4.68 Å². The lowest BCUT2D eigenvalue weighted by Crippen LogP contribution is -2.06. The normalized spacial score (nSPS) is 10.7. The van der Waals surface area contributed by atoms with Crippen molar-refractivity contribution >= 4 is 21.7 Å². The second kappa shape index (κ2) is 4.29. The largest absolute Gasteiger partial charge is 0.384 e. The maximum atomic E-state index is 5.92. The average Bonchev–Trinajstić information content (AvgIpc) is 2.54. The van der Waals surface area contributed by atoms with E-state index in [1.165, 1.54) is 11.1 Å². The lowest BCUT2D eigenvalue weighted by atomic mass is 10.1. The molecular weight excluding hydrogens is 266 g/mol. The number of aromatic nitrogens is 2. The summed E-state index contributed by atoms with van der Waals surface area (Å²) in [5.41, 5.74) is 9.35. The summed E-state index contributed by atoms with van der Waals surface area (Å²) >= 11 is 3.55. The van der Waals surface area contributed by atoms with E-state index < -0.39 is 0 Å². The zero-order valence-electron chi connectivity index (χ0n) is 9.37. The van der Waals surface area contributed by atoms with Crippen molar-refractivity contribution in [1.29, 1.82) is 0 Å². The van der Waals surface area contributed by atoms with Crippen LogP contribution in [0.2, 0.25) is 0 Å². The van der Waals surface area contributed by atoms with Gasteiger partial charge in [-0.1, -0.05) is 28.1 Å². The molecule has 2 rings (SSSR count). The van der Waals surface area contributed by atoms with Crippen LogP contribution < -0.4 is 5.73 Å². The fourth-order valence-electron chi connectivity index (χ4n) is 1.56. The molecule has 0 bridgehead atoms. The highest BCUT2D eigenvalue weighted by Gasteiger charge is 2.06. The number of anilines is 1. The third-order valence-electron chi connectivity index (χ3n) is 2.60. The Morgan fingerprint density at radius 1 is 1.38 bits per heavy atom. The molecule has 1 heterocycles. The van der Waals surface area contributed by atoms with Crippen molar-refractivity contribution in [3.05, 3.63) is 45.6 Å². The Hall–Kier alpha value is -1.29. The van der Waals surface area contributed by atoms with E-state index in [0.717, 1.165) is 15.9 Å². The van der Waals surface area contributed by atoms with E-state index in [2.05, 4.69) is 46.2 Å². The Morgan fingerprint density at radius 2 is 2.12 bits per heavy atom. The molecule has 4 heteroatoms. The van der Waals surface area contributed by atoms with Crippen LogP contribution in [0.15, 0.2) is 28.9 Å². The number of halogens is 1. The molecular formula is C12H14BrN3. The first-order valence-corrected chi connectivity index (χ1v) is 5.90. The summed E-state index contributed by atoms with van der Waals surface area (Å²) in [6.45, 7) is 4.73. The highest BCUT2D eigenvalue weighted by Crippen LogP contribution is 2.20. The van der Waals surface area contributed by atoms with Gasteiger partial charge in [-0.3, -0.25) is 0 Å². The van der Waals surface area contributed by atoms with Gasteiger partial charge >= 0.3 is 0 Å². The van der Waals surface area contributed by atoms with Gasteiger partial charge in [-0.15, -0.1) is 0 Å². The standard InChI is InChI=1S/C12H14BrN3/c1-8-3-4-10(11(13)5-8)7-16-12(14)9(2)6-15-16/h3-6H,7,14H2,1-2H3. The van der Waals surface area contributed by atoms with E-state index in [0.29, 0.717) is 6.54 Å². The van der Waals surface area contributed by atoms with Crippen LogP contribution in [-0.4, -0.2) is 9.78 Å². The molecule has 0 aliphatic carbocycles. The SMILES string of the molecule is Cc1ccc(Cn2ncc(C)c2N)c(Br)c1. The van der Waals surface area contributed by atoms with Crippen LogP contribution in [0, 0.1) is 13.8 Å². The minimum atomic E-state index is 0.695. The summed E-state index contributed by atoms with van der Waals surface area (Å²) in [6.07, 6.45) is 1.79. The van der Waals surface area contributed by atoms with E-state index in [1.54, 1.807) is 6.20 Å². The first-order valence-electron chi connectivity index (χ1n) is 5.11. The fourth-order valence-corrected chi connectivity index (χ4v) is 2.17. The molecule has 0 saturated carbocycles. The average molecular weight is 280 g/mol. The van der Waals surface area contributed by atoms with Gasteiger partial charge in [0.2, 0.25) is 0 Å². The first kappa shape index (κ1) is 11.2. The molecule has 0 aliphatic rings. The second-order valence-electron chi connectivity index (χ2n) is 3.97. The van der Waals surface area contributed by atoms with Crippen LogP contribution in [0.3, 0.4) is 0 Å². The number of rotatable bonds is 2.